The van der Waals surface area contributed by atoms with Crippen LogP contribution in [0.5, 0.6) is 0 Å². The lowest BCUT2D eigenvalue weighted by molar-refractivity contribution is -0.152. The van der Waals surface area contributed by atoms with E-state index in [0.717, 1.165) is 25.7 Å². The maximum absolute atomic E-state index is 13.9. The van der Waals surface area contributed by atoms with E-state index in [2.05, 4.69) is 48.8 Å². The number of hydrogen-bond acceptors (Lipinski definition) is 9. The Kier molecular flexibility index (Phi) is 19.2. The Morgan fingerprint density at radius 3 is 1.80 bits per heavy atom. The zero-order valence-electron chi connectivity index (χ0n) is 33.5. The van der Waals surface area contributed by atoms with E-state index >= 15 is 0 Å². The van der Waals surface area contributed by atoms with Crippen molar-refractivity contribution in [3.05, 3.63) is 18.2 Å². The molecule has 0 bridgehead atoms. The Morgan fingerprint density at radius 1 is 0.722 bits per heavy atom. The van der Waals surface area contributed by atoms with Crippen LogP contribution in [0.3, 0.4) is 0 Å². The number of imidazole rings is 1. The predicted octanol–water partition coefficient (Wildman–Crippen LogP) is 1.79. The lowest BCUT2D eigenvalue weighted by Crippen LogP contribution is -2.61. The second-order valence-electron chi connectivity index (χ2n) is 15.6. The number of H-pyrrole nitrogens is 1. The molecule has 6 amide bonds. The van der Waals surface area contributed by atoms with Gasteiger partial charge in [0, 0.05) is 24.7 Å². The first-order valence-corrected chi connectivity index (χ1v) is 19.4. The number of aromatic nitrogens is 2. The molecule has 1 aromatic rings. The molecule has 1 aliphatic rings. The van der Waals surface area contributed by atoms with Gasteiger partial charge in [0.05, 0.1) is 6.33 Å². The molecule has 0 aliphatic carbocycles. The number of rotatable bonds is 14. The van der Waals surface area contributed by atoms with Crippen molar-refractivity contribution in [3.8, 4) is 0 Å². The second-order valence-corrected chi connectivity index (χ2v) is 15.6. The monoisotopic (exact) mass is 760 g/mol. The molecule has 1 aliphatic heterocycles. The van der Waals surface area contributed by atoms with E-state index < -0.39 is 102 Å². The van der Waals surface area contributed by atoms with Crippen molar-refractivity contribution in [2.45, 2.75) is 150 Å². The van der Waals surface area contributed by atoms with Crippen LogP contribution in [0.15, 0.2) is 12.5 Å². The summed E-state index contributed by atoms with van der Waals surface area (Å²) >= 11 is 0. The van der Waals surface area contributed by atoms with E-state index in [0.29, 0.717) is 12.1 Å². The molecule has 2 rings (SSSR count). The minimum absolute atomic E-state index is 0.0232. The van der Waals surface area contributed by atoms with Gasteiger partial charge in [0.2, 0.25) is 35.4 Å². The molecular formula is C38H64N8O8. The third-order valence-electron chi connectivity index (χ3n) is 9.22. The summed E-state index contributed by atoms with van der Waals surface area (Å²) in [5, 5.41) is 16.3. The number of carbonyl (C=O) groups excluding carboxylic acids is 7. The van der Waals surface area contributed by atoms with E-state index in [1.807, 2.05) is 13.8 Å². The molecule has 2 heterocycles. The quantitative estimate of drug-likeness (QED) is 0.108. The Bertz CT molecular complexity index is 1400. The highest BCUT2D eigenvalue weighted by atomic mass is 16.5. The first-order chi connectivity index (χ1) is 25.4. The molecule has 6 unspecified atom stereocenters. The Balaban J connectivity index is 2.58. The molecule has 1 aromatic heterocycles. The molecular weight excluding hydrogens is 696 g/mol. The smallest absolute Gasteiger partial charge is 0.328 e. The maximum atomic E-state index is 13.9. The van der Waals surface area contributed by atoms with E-state index in [1.165, 1.54) is 12.5 Å². The minimum Gasteiger partial charge on any atom is -0.461 e. The van der Waals surface area contributed by atoms with Crippen LogP contribution in [-0.2, 0) is 44.7 Å². The van der Waals surface area contributed by atoms with Gasteiger partial charge in [-0.2, -0.15) is 0 Å². The fourth-order valence-electron chi connectivity index (χ4n) is 5.97. The normalized spacial score (nSPS) is 24.2. The summed E-state index contributed by atoms with van der Waals surface area (Å²) < 4.78 is 5.59. The van der Waals surface area contributed by atoms with Gasteiger partial charge in [-0.3, -0.25) is 28.8 Å². The summed E-state index contributed by atoms with van der Waals surface area (Å²) in [6.07, 6.45) is 7.76. The van der Waals surface area contributed by atoms with Crippen molar-refractivity contribution in [3.63, 3.8) is 0 Å². The summed E-state index contributed by atoms with van der Waals surface area (Å²) in [7, 11) is 0. The van der Waals surface area contributed by atoms with Gasteiger partial charge in [-0.15, -0.1) is 0 Å². The molecule has 16 nitrogen and oxygen atoms in total. The highest BCUT2D eigenvalue weighted by Crippen LogP contribution is 2.13. The van der Waals surface area contributed by atoms with Crippen LogP contribution in [0.2, 0.25) is 0 Å². The molecule has 0 saturated carbocycles. The van der Waals surface area contributed by atoms with Crippen molar-refractivity contribution < 1.29 is 38.3 Å². The lowest BCUT2D eigenvalue weighted by Gasteiger charge is -2.29. The fraction of sp³-hybridized carbons (Fsp3) is 0.737. The summed E-state index contributed by atoms with van der Waals surface area (Å²) in [6.45, 7) is 15.6. The molecule has 0 spiro atoms. The van der Waals surface area contributed by atoms with Crippen LogP contribution < -0.4 is 31.9 Å². The van der Waals surface area contributed by atoms with E-state index in [9.17, 15) is 33.6 Å². The van der Waals surface area contributed by atoms with Gasteiger partial charge in [0.15, 0.2) is 0 Å². The number of aromatic amines is 1. The van der Waals surface area contributed by atoms with Crippen LogP contribution in [-0.4, -0.2) is 94.2 Å². The zero-order valence-corrected chi connectivity index (χ0v) is 33.5. The highest BCUT2D eigenvalue weighted by molar-refractivity contribution is 5.97. The summed E-state index contributed by atoms with van der Waals surface area (Å²) in [6, 6.07) is -7.11. The first-order valence-electron chi connectivity index (χ1n) is 19.4. The molecule has 1 saturated heterocycles. The SMILES string of the molecule is CCCCCCCC(=O)NC1COC(=O)C(C(C)C)NC(=O)C(CC(C)C)NC(=O)C(C(C)C)NC(=O)C(Cc2cnc[nH]2)NC(=O)C(C(C)C)NC1=O. The number of hydrogen-bond donors (Lipinski definition) is 7. The van der Waals surface area contributed by atoms with Crippen molar-refractivity contribution >= 4 is 41.4 Å². The van der Waals surface area contributed by atoms with Gasteiger partial charge in [0.25, 0.3) is 0 Å². The Morgan fingerprint density at radius 2 is 1.26 bits per heavy atom. The summed E-state index contributed by atoms with van der Waals surface area (Å²) in [5.41, 5.74) is 0.525. The van der Waals surface area contributed by atoms with Gasteiger partial charge >= 0.3 is 5.97 Å². The van der Waals surface area contributed by atoms with Gasteiger partial charge in [-0.05, 0) is 36.5 Å². The number of cyclic esters (lactones) is 1. The van der Waals surface area contributed by atoms with Crippen molar-refractivity contribution in [2.75, 3.05) is 6.61 Å². The minimum atomic E-state index is -1.37. The largest absolute Gasteiger partial charge is 0.461 e. The zero-order chi connectivity index (χ0) is 40.5. The second kappa shape index (κ2) is 22.7. The van der Waals surface area contributed by atoms with Crippen molar-refractivity contribution in [1.29, 1.82) is 0 Å². The highest BCUT2D eigenvalue weighted by Gasteiger charge is 2.37. The van der Waals surface area contributed by atoms with Crippen LogP contribution >= 0.6 is 0 Å². The standard InChI is InChI=1S/C38H64N8O8/c1-10-11-12-13-14-15-29(47)41-28-19-54-38(53)32(24(8)9)46-33(48)26(16-21(2)3)42-36(51)30(22(4)5)44-34(49)27(17-25-18-39-20-40-25)43-37(52)31(23(6)7)45-35(28)50/h18,20-24,26-28,30-32H,10-17,19H2,1-9H3,(H,39,40)(H,41,47)(H,42,51)(H,43,52)(H,44,49)(H,45,50)(H,46,48). The van der Waals surface area contributed by atoms with E-state index in [-0.39, 0.29) is 25.2 Å². The molecule has 1 fully saturated rings. The molecule has 0 aromatic carbocycles. The van der Waals surface area contributed by atoms with Gasteiger partial charge in [-0.25, -0.2) is 9.78 Å². The first kappa shape index (κ1) is 45.7. The average molecular weight is 761 g/mol. The lowest BCUT2D eigenvalue weighted by atomic mass is 9.98. The van der Waals surface area contributed by atoms with Crippen LogP contribution in [0.4, 0.5) is 0 Å². The van der Waals surface area contributed by atoms with E-state index in [1.54, 1.807) is 41.5 Å². The van der Waals surface area contributed by atoms with Gasteiger partial charge in [-0.1, -0.05) is 88.0 Å². The molecule has 304 valence electrons. The summed E-state index contributed by atoms with van der Waals surface area (Å²) in [4.78, 5) is 103. The molecule has 16 heteroatoms. The predicted molar refractivity (Wildman–Crippen MR) is 202 cm³/mol. The molecule has 0 radical (unpaired) electrons. The number of esters is 1. The van der Waals surface area contributed by atoms with Gasteiger partial charge in [0.1, 0.15) is 42.9 Å². The van der Waals surface area contributed by atoms with Crippen LogP contribution in [0, 0.1) is 23.7 Å². The van der Waals surface area contributed by atoms with Crippen LogP contribution in [0.1, 0.15) is 113 Å². The number of amides is 6. The number of nitrogens with zero attached hydrogens (tertiary/aromatic N) is 1. The third-order valence-corrected chi connectivity index (χ3v) is 9.22. The number of nitrogens with one attached hydrogen (secondary N) is 7. The Hall–Kier alpha value is -4.50. The summed E-state index contributed by atoms with van der Waals surface area (Å²) in [5.74, 6) is -6.08. The number of ether oxygens (including phenoxy) is 1. The Labute approximate surface area is 319 Å². The van der Waals surface area contributed by atoms with Crippen molar-refractivity contribution in [2.24, 2.45) is 23.7 Å². The fourth-order valence-corrected chi connectivity index (χ4v) is 5.97. The maximum Gasteiger partial charge on any atom is 0.328 e. The van der Waals surface area contributed by atoms with Crippen LogP contribution in [0.25, 0.3) is 0 Å². The van der Waals surface area contributed by atoms with E-state index in [4.69, 9.17) is 4.74 Å². The van der Waals surface area contributed by atoms with Gasteiger partial charge < -0.3 is 41.6 Å². The average Bonchev–Trinajstić information content (AvgIpc) is 3.61. The molecule has 7 N–H and O–H groups in total. The topological polar surface area (TPSA) is 230 Å². The molecule has 6 atom stereocenters. The number of carbonyl (C=O) groups is 7. The third kappa shape index (κ3) is 15.1. The van der Waals surface area contributed by atoms with Crippen molar-refractivity contribution in [1.82, 2.24) is 41.9 Å². The molecule has 54 heavy (non-hydrogen) atoms. The number of unbranched alkanes of at least 4 members (excludes halogenated alkanes) is 4.